The highest BCUT2D eigenvalue weighted by molar-refractivity contribution is 5.75. The number of halogens is 1. The van der Waals surface area contributed by atoms with Crippen molar-refractivity contribution in [3.05, 3.63) is 47.3 Å². The van der Waals surface area contributed by atoms with E-state index in [1.807, 2.05) is 0 Å². The normalized spacial score (nSPS) is 18.4. The van der Waals surface area contributed by atoms with Crippen LogP contribution in [0.1, 0.15) is 37.4 Å². The third-order valence-electron chi connectivity index (χ3n) is 4.65. The first-order valence-corrected chi connectivity index (χ1v) is 8.87. The van der Waals surface area contributed by atoms with Gasteiger partial charge in [0, 0.05) is 12.6 Å². The second-order valence-electron chi connectivity index (χ2n) is 6.62. The van der Waals surface area contributed by atoms with Crippen LogP contribution in [-0.2, 0) is 4.74 Å². The Morgan fingerprint density at radius 1 is 1.36 bits per heavy atom. The van der Waals surface area contributed by atoms with Gasteiger partial charge in [0.25, 0.3) is 0 Å². The number of hydrogen-bond acceptors (Lipinski definition) is 3. The number of amides is 2. The standard InChI is InChI=1S/C19H25FN2O3/c20-16-3-1-15(2-4-16)18(23)13-22(17-5-6-17)19(24)21-10-7-14-8-11-25-12-9-14/h1-4,8,17-18,23H,5-7,9-13H2,(H,21,24). The maximum atomic E-state index is 13.0. The monoisotopic (exact) mass is 348 g/mol. The predicted molar refractivity (Wildman–Crippen MR) is 92.6 cm³/mol. The quantitative estimate of drug-likeness (QED) is 0.745. The first-order chi connectivity index (χ1) is 12.1. The molecule has 1 aromatic carbocycles. The van der Waals surface area contributed by atoms with Gasteiger partial charge in [0.05, 0.1) is 25.9 Å². The molecular formula is C19H25FN2O3. The Hall–Kier alpha value is -1.92. The van der Waals surface area contributed by atoms with E-state index < -0.39 is 6.10 Å². The summed E-state index contributed by atoms with van der Waals surface area (Å²) in [5.74, 6) is -0.338. The molecule has 25 heavy (non-hydrogen) atoms. The van der Waals surface area contributed by atoms with Crippen LogP contribution in [-0.4, -0.2) is 48.4 Å². The molecule has 1 aliphatic carbocycles. The summed E-state index contributed by atoms with van der Waals surface area (Å²) in [4.78, 5) is 14.2. The predicted octanol–water partition coefficient (Wildman–Crippen LogP) is 2.77. The Morgan fingerprint density at radius 2 is 2.12 bits per heavy atom. The van der Waals surface area contributed by atoms with Crippen LogP contribution in [0, 0.1) is 5.82 Å². The molecule has 1 atom stereocenters. The number of carbonyl (C=O) groups is 1. The fourth-order valence-electron chi connectivity index (χ4n) is 2.98. The van der Waals surface area contributed by atoms with Crippen molar-refractivity contribution < 1.29 is 19.0 Å². The van der Waals surface area contributed by atoms with Gasteiger partial charge in [0.1, 0.15) is 5.82 Å². The Balaban J connectivity index is 1.50. The van der Waals surface area contributed by atoms with Gasteiger partial charge in [-0.2, -0.15) is 0 Å². The van der Waals surface area contributed by atoms with Crippen molar-refractivity contribution in [2.75, 3.05) is 26.3 Å². The molecule has 3 rings (SSSR count). The number of aliphatic hydroxyl groups excluding tert-OH is 1. The second-order valence-corrected chi connectivity index (χ2v) is 6.62. The molecule has 1 aromatic rings. The first kappa shape index (κ1) is 17.9. The number of aliphatic hydroxyl groups is 1. The summed E-state index contributed by atoms with van der Waals surface area (Å²) in [5, 5.41) is 13.3. The molecule has 0 bridgehead atoms. The smallest absolute Gasteiger partial charge is 0.317 e. The molecule has 2 amide bonds. The highest BCUT2D eigenvalue weighted by atomic mass is 19.1. The van der Waals surface area contributed by atoms with Crippen molar-refractivity contribution in [3.8, 4) is 0 Å². The number of benzene rings is 1. The third-order valence-corrected chi connectivity index (χ3v) is 4.65. The van der Waals surface area contributed by atoms with E-state index in [-0.39, 0.29) is 24.4 Å². The molecule has 0 aromatic heterocycles. The number of nitrogens with one attached hydrogen (secondary N) is 1. The van der Waals surface area contributed by atoms with Gasteiger partial charge in [0.2, 0.25) is 0 Å². The molecule has 136 valence electrons. The van der Waals surface area contributed by atoms with E-state index in [2.05, 4.69) is 11.4 Å². The summed E-state index contributed by atoms with van der Waals surface area (Å²) >= 11 is 0. The summed E-state index contributed by atoms with van der Waals surface area (Å²) in [6.45, 7) is 2.21. The molecule has 1 saturated carbocycles. The van der Waals surface area contributed by atoms with Crippen LogP contribution in [0.4, 0.5) is 9.18 Å². The van der Waals surface area contributed by atoms with Crippen LogP contribution in [0.3, 0.4) is 0 Å². The lowest BCUT2D eigenvalue weighted by Gasteiger charge is -2.26. The lowest BCUT2D eigenvalue weighted by atomic mass is 10.1. The first-order valence-electron chi connectivity index (χ1n) is 8.87. The van der Waals surface area contributed by atoms with E-state index in [4.69, 9.17) is 4.74 Å². The Kier molecular flexibility index (Phi) is 6.04. The largest absolute Gasteiger partial charge is 0.387 e. The zero-order valence-corrected chi connectivity index (χ0v) is 14.3. The molecule has 1 unspecified atom stereocenters. The van der Waals surface area contributed by atoms with Gasteiger partial charge in [-0.1, -0.05) is 23.8 Å². The van der Waals surface area contributed by atoms with E-state index in [0.717, 1.165) is 32.3 Å². The lowest BCUT2D eigenvalue weighted by Crippen LogP contribution is -2.43. The molecule has 1 heterocycles. The number of carbonyl (C=O) groups excluding carboxylic acids is 1. The van der Waals surface area contributed by atoms with E-state index in [1.165, 1.54) is 17.7 Å². The molecule has 2 aliphatic rings. The summed E-state index contributed by atoms with van der Waals surface area (Å²) in [6.07, 6.45) is 4.94. The molecule has 5 nitrogen and oxygen atoms in total. The van der Waals surface area contributed by atoms with E-state index in [9.17, 15) is 14.3 Å². The van der Waals surface area contributed by atoms with Crippen molar-refractivity contribution in [2.45, 2.75) is 37.8 Å². The molecule has 0 spiro atoms. The van der Waals surface area contributed by atoms with E-state index >= 15 is 0 Å². The van der Waals surface area contributed by atoms with Gasteiger partial charge in [-0.05, 0) is 43.4 Å². The summed E-state index contributed by atoms with van der Waals surface area (Å²) < 4.78 is 18.3. The van der Waals surface area contributed by atoms with Crippen molar-refractivity contribution in [1.29, 1.82) is 0 Å². The third kappa shape index (κ3) is 5.28. The molecule has 0 saturated heterocycles. The van der Waals surface area contributed by atoms with Gasteiger partial charge in [-0.25, -0.2) is 9.18 Å². The van der Waals surface area contributed by atoms with Crippen LogP contribution in [0.25, 0.3) is 0 Å². The number of hydrogen-bond donors (Lipinski definition) is 2. The Labute approximate surface area is 147 Å². The van der Waals surface area contributed by atoms with Crippen LogP contribution in [0.2, 0.25) is 0 Å². The Bertz CT molecular complexity index is 614. The zero-order valence-electron chi connectivity index (χ0n) is 14.3. The second kappa shape index (κ2) is 8.45. The number of ether oxygens (including phenoxy) is 1. The van der Waals surface area contributed by atoms with Crippen molar-refractivity contribution in [1.82, 2.24) is 10.2 Å². The Morgan fingerprint density at radius 3 is 2.76 bits per heavy atom. The van der Waals surface area contributed by atoms with Crippen LogP contribution in [0.5, 0.6) is 0 Å². The van der Waals surface area contributed by atoms with Crippen molar-refractivity contribution in [3.63, 3.8) is 0 Å². The average molecular weight is 348 g/mol. The number of rotatable bonds is 7. The van der Waals surface area contributed by atoms with Crippen LogP contribution >= 0.6 is 0 Å². The maximum absolute atomic E-state index is 13.0. The summed E-state index contributed by atoms with van der Waals surface area (Å²) in [6, 6.07) is 5.80. The minimum atomic E-state index is -0.815. The zero-order chi connectivity index (χ0) is 17.6. The highest BCUT2D eigenvalue weighted by Crippen LogP contribution is 2.29. The number of nitrogens with zero attached hydrogens (tertiary/aromatic N) is 1. The molecular weight excluding hydrogens is 323 g/mol. The van der Waals surface area contributed by atoms with E-state index in [0.29, 0.717) is 18.7 Å². The van der Waals surface area contributed by atoms with Crippen LogP contribution in [0.15, 0.2) is 35.9 Å². The molecule has 0 radical (unpaired) electrons. The molecule has 1 fully saturated rings. The minimum absolute atomic E-state index is 0.142. The minimum Gasteiger partial charge on any atom is -0.387 e. The molecule has 6 heteroatoms. The van der Waals surface area contributed by atoms with Gasteiger partial charge in [-0.3, -0.25) is 0 Å². The maximum Gasteiger partial charge on any atom is 0.317 e. The van der Waals surface area contributed by atoms with Gasteiger partial charge in [0.15, 0.2) is 0 Å². The summed E-state index contributed by atoms with van der Waals surface area (Å²) in [7, 11) is 0. The van der Waals surface area contributed by atoms with Crippen molar-refractivity contribution in [2.24, 2.45) is 0 Å². The van der Waals surface area contributed by atoms with Gasteiger partial charge >= 0.3 is 6.03 Å². The highest BCUT2D eigenvalue weighted by Gasteiger charge is 2.33. The fraction of sp³-hybridized carbons (Fsp3) is 0.526. The number of urea groups is 1. The van der Waals surface area contributed by atoms with Crippen molar-refractivity contribution >= 4 is 6.03 Å². The molecule has 1 aliphatic heterocycles. The molecule has 2 N–H and O–H groups in total. The summed E-state index contributed by atoms with van der Waals surface area (Å²) in [5.41, 5.74) is 1.93. The van der Waals surface area contributed by atoms with Gasteiger partial charge < -0.3 is 20.1 Å². The lowest BCUT2D eigenvalue weighted by molar-refractivity contribution is 0.118. The average Bonchev–Trinajstić information content (AvgIpc) is 3.46. The van der Waals surface area contributed by atoms with Crippen LogP contribution < -0.4 is 5.32 Å². The SMILES string of the molecule is O=C(NCCC1=CCOCC1)N(CC(O)c1ccc(F)cc1)C1CC1. The van der Waals surface area contributed by atoms with E-state index in [1.54, 1.807) is 17.0 Å². The fourth-order valence-corrected chi connectivity index (χ4v) is 2.98. The topological polar surface area (TPSA) is 61.8 Å². The van der Waals surface area contributed by atoms with Gasteiger partial charge in [-0.15, -0.1) is 0 Å².